The number of unbranched alkanes of at least 4 members (excludes halogenated alkanes) is 1. The van der Waals surface area contributed by atoms with Crippen molar-refractivity contribution in [3.63, 3.8) is 0 Å². The maximum Gasteiger partial charge on any atom is 0.0991 e. The summed E-state index contributed by atoms with van der Waals surface area (Å²) in [7, 11) is 0. The topological polar surface area (TPSA) is 23.8 Å². The van der Waals surface area contributed by atoms with Crippen molar-refractivity contribution in [2.75, 3.05) is 0 Å². The quantitative estimate of drug-likeness (QED) is 0.743. The van der Waals surface area contributed by atoms with Crippen molar-refractivity contribution in [2.45, 2.75) is 45.4 Å². The van der Waals surface area contributed by atoms with Crippen molar-refractivity contribution in [1.82, 2.24) is 0 Å². The zero-order chi connectivity index (χ0) is 11.5. The van der Waals surface area contributed by atoms with Crippen LogP contribution in [0.5, 0.6) is 0 Å². The summed E-state index contributed by atoms with van der Waals surface area (Å²) in [6, 6.07) is 8.46. The Kier molecular flexibility index (Phi) is 3.29. The summed E-state index contributed by atoms with van der Waals surface area (Å²) in [5, 5.41) is 8.95. The number of nitrogens with zero attached hydrogens (tertiary/aromatic N) is 1. The summed E-state index contributed by atoms with van der Waals surface area (Å²) in [4.78, 5) is 0. The Morgan fingerprint density at radius 2 is 2.25 bits per heavy atom. The lowest BCUT2D eigenvalue weighted by molar-refractivity contribution is 0.456. The van der Waals surface area contributed by atoms with E-state index in [0.717, 1.165) is 11.5 Å². The molecule has 0 amide bonds. The Balaban J connectivity index is 2.27. The molecule has 1 aromatic carbocycles. The van der Waals surface area contributed by atoms with Gasteiger partial charge in [0.25, 0.3) is 0 Å². The van der Waals surface area contributed by atoms with Crippen LogP contribution in [0.25, 0.3) is 0 Å². The molecule has 2 rings (SSSR count). The van der Waals surface area contributed by atoms with E-state index in [-0.39, 0.29) is 0 Å². The van der Waals surface area contributed by atoms with Gasteiger partial charge in [0.1, 0.15) is 0 Å². The minimum absolute atomic E-state index is 0.684. The predicted octanol–water partition coefficient (Wildman–Crippen LogP) is 4.02. The van der Waals surface area contributed by atoms with Crippen LogP contribution in [-0.2, 0) is 6.42 Å². The molecule has 84 valence electrons. The molecule has 0 radical (unpaired) electrons. The van der Waals surface area contributed by atoms with Crippen molar-refractivity contribution in [3.8, 4) is 6.07 Å². The van der Waals surface area contributed by atoms with Gasteiger partial charge in [-0.25, -0.2) is 0 Å². The van der Waals surface area contributed by atoms with Crippen LogP contribution in [-0.4, -0.2) is 0 Å². The number of fused-ring (bicyclic) bond motifs is 1. The summed E-state index contributed by atoms with van der Waals surface area (Å²) in [6.45, 7) is 4.58. The van der Waals surface area contributed by atoms with Crippen LogP contribution in [0.3, 0.4) is 0 Å². The van der Waals surface area contributed by atoms with Crippen LogP contribution in [0.4, 0.5) is 0 Å². The number of benzene rings is 1. The van der Waals surface area contributed by atoms with E-state index in [0.29, 0.717) is 5.92 Å². The van der Waals surface area contributed by atoms with Gasteiger partial charge in [-0.1, -0.05) is 32.8 Å². The first-order valence-electron chi connectivity index (χ1n) is 6.29. The van der Waals surface area contributed by atoms with E-state index in [1.54, 1.807) is 0 Å². The van der Waals surface area contributed by atoms with E-state index in [1.807, 2.05) is 6.07 Å². The maximum atomic E-state index is 8.95. The molecule has 0 heterocycles. The van der Waals surface area contributed by atoms with E-state index in [2.05, 4.69) is 32.0 Å². The number of nitriles is 1. The monoisotopic (exact) mass is 213 g/mol. The molecule has 0 aromatic heterocycles. The van der Waals surface area contributed by atoms with Gasteiger partial charge in [0.2, 0.25) is 0 Å². The molecular weight excluding hydrogens is 194 g/mol. The average Bonchev–Trinajstić information content (AvgIpc) is 2.61. The molecular formula is C15H19N. The second-order valence-corrected chi connectivity index (χ2v) is 4.96. The zero-order valence-electron chi connectivity index (χ0n) is 10.2. The molecule has 0 saturated carbocycles. The molecule has 0 saturated heterocycles. The van der Waals surface area contributed by atoms with Crippen LogP contribution in [0.1, 0.15) is 55.7 Å². The van der Waals surface area contributed by atoms with Crippen molar-refractivity contribution in [2.24, 2.45) is 5.92 Å². The summed E-state index contributed by atoms with van der Waals surface area (Å²) < 4.78 is 0. The normalized spacial score (nSPS) is 22.8. The first-order chi connectivity index (χ1) is 7.76. The highest BCUT2D eigenvalue weighted by Crippen LogP contribution is 2.41. The SMILES string of the molecule is CCCC[C@@H]1c2cc(C#N)ccc2C[C@@H]1C. The molecule has 0 bridgehead atoms. The fourth-order valence-corrected chi connectivity index (χ4v) is 2.86. The second kappa shape index (κ2) is 4.70. The lowest BCUT2D eigenvalue weighted by Gasteiger charge is -2.16. The third-order valence-electron chi connectivity index (χ3n) is 3.77. The lowest BCUT2D eigenvalue weighted by Crippen LogP contribution is -2.03. The number of rotatable bonds is 3. The van der Waals surface area contributed by atoms with Gasteiger partial charge in [0.15, 0.2) is 0 Å². The summed E-state index contributed by atoms with van der Waals surface area (Å²) in [5.74, 6) is 1.43. The largest absolute Gasteiger partial charge is 0.192 e. The first kappa shape index (κ1) is 11.2. The van der Waals surface area contributed by atoms with Gasteiger partial charge in [-0.2, -0.15) is 5.26 Å². The van der Waals surface area contributed by atoms with Crippen molar-refractivity contribution in [1.29, 1.82) is 5.26 Å². The van der Waals surface area contributed by atoms with E-state index in [4.69, 9.17) is 5.26 Å². The molecule has 2 atom stereocenters. The molecule has 0 spiro atoms. The second-order valence-electron chi connectivity index (χ2n) is 4.96. The fraction of sp³-hybridized carbons (Fsp3) is 0.533. The van der Waals surface area contributed by atoms with Gasteiger partial charge in [-0.05, 0) is 47.9 Å². The molecule has 0 N–H and O–H groups in total. The first-order valence-corrected chi connectivity index (χ1v) is 6.29. The third kappa shape index (κ3) is 1.97. The Morgan fingerprint density at radius 3 is 2.94 bits per heavy atom. The Bertz CT molecular complexity index is 414. The minimum Gasteiger partial charge on any atom is -0.192 e. The van der Waals surface area contributed by atoms with Crippen molar-refractivity contribution in [3.05, 3.63) is 34.9 Å². The molecule has 1 aromatic rings. The minimum atomic E-state index is 0.684. The van der Waals surface area contributed by atoms with E-state index in [9.17, 15) is 0 Å². The van der Waals surface area contributed by atoms with Gasteiger partial charge in [0.05, 0.1) is 11.6 Å². The molecule has 1 heteroatoms. The van der Waals surface area contributed by atoms with Gasteiger partial charge in [-0.15, -0.1) is 0 Å². The molecule has 0 fully saturated rings. The molecule has 0 unspecified atom stereocenters. The van der Waals surface area contributed by atoms with E-state index in [1.165, 1.54) is 36.8 Å². The van der Waals surface area contributed by atoms with Gasteiger partial charge in [-0.3, -0.25) is 0 Å². The zero-order valence-corrected chi connectivity index (χ0v) is 10.2. The Labute approximate surface area is 98.1 Å². The smallest absolute Gasteiger partial charge is 0.0991 e. The summed E-state index contributed by atoms with van der Waals surface area (Å²) in [6.07, 6.45) is 5.02. The van der Waals surface area contributed by atoms with Crippen molar-refractivity contribution >= 4 is 0 Å². The number of hydrogen-bond donors (Lipinski definition) is 0. The Hall–Kier alpha value is -1.29. The predicted molar refractivity (Wildman–Crippen MR) is 66.3 cm³/mol. The van der Waals surface area contributed by atoms with Crippen LogP contribution in [0, 0.1) is 17.2 Å². The molecule has 16 heavy (non-hydrogen) atoms. The fourth-order valence-electron chi connectivity index (χ4n) is 2.86. The average molecular weight is 213 g/mol. The highest BCUT2D eigenvalue weighted by Gasteiger charge is 2.28. The van der Waals surface area contributed by atoms with E-state index < -0.39 is 0 Å². The van der Waals surface area contributed by atoms with Crippen molar-refractivity contribution < 1.29 is 0 Å². The highest BCUT2D eigenvalue weighted by molar-refractivity contribution is 5.43. The third-order valence-corrected chi connectivity index (χ3v) is 3.77. The van der Waals surface area contributed by atoms with Crippen LogP contribution in [0.15, 0.2) is 18.2 Å². The van der Waals surface area contributed by atoms with Gasteiger partial charge >= 0.3 is 0 Å². The standard InChI is InChI=1S/C15H19N/c1-3-4-5-14-11(2)8-13-7-6-12(10-16)9-15(13)14/h6-7,9,11,14H,3-5,8H2,1-2H3/t11-,14-/m0/s1. The lowest BCUT2D eigenvalue weighted by atomic mass is 9.89. The molecule has 0 aliphatic heterocycles. The van der Waals surface area contributed by atoms with Gasteiger partial charge in [0, 0.05) is 0 Å². The molecule has 1 aliphatic carbocycles. The summed E-state index contributed by atoms with van der Waals surface area (Å²) >= 11 is 0. The summed E-state index contributed by atoms with van der Waals surface area (Å²) in [5.41, 5.74) is 3.72. The van der Waals surface area contributed by atoms with Crippen LogP contribution in [0.2, 0.25) is 0 Å². The maximum absolute atomic E-state index is 8.95. The Morgan fingerprint density at radius 1 is 1.44 bits per heavy atom. The molecule has 1 aliphatic rings. The van der Waals surface area contributed by atoms with Gasteiger partial charge < -0.3 is 0 Å². The highest BCUT2D eigenvalue weighted by atomic mass is 14.3. The van der Waals surface area contributed by atoms with Crippen LogP contribution < -0.4 is 0 Å². The van der Waals surface area contributed by atoms with E-state index >= 15 is 0 Å². The van der Waals surface area contributed by atoms with Crippen LogP contribution >= 0.6 is 0 Å². The molecule has 1 nitrogen and oxygen atoms in total. The number of hydrogen-bond acceptors (Lipinski definition) is 1.